The minimum absolute atomic E-state index is 0.128. The number of nitrogens with one attached hydrogen (secondary N) is 3. The minimum atomic E-state index is -0.590. The van der Waals surface area contributed by atoms with Crippen LogP contribution < -0.4 is 16.0 Å². The molecule has 3 heterocycles. The Morgan fingerprint density at radius 1 is 0.388 bits per heavy atom. The zero-order chi connectivity index (χ0) is 63.9. The van der Waals surface area contributed by atoms with E-state index in [0.717, 1.165) is 61.7 Å². The molecule has 18 heteroatoms. The molecule has 4 aromatic rings. The van der Waals surface area contributed by atoms with Gasteiger partial charge in [-0.25, -0.2) is 0 Å². The van der Waals surface area contributed by atoms with Gasteiger partial charge in [0, 0.05) is 61.5 Å². The summed E-state index contributed by atoms with van der Waals surface area (Å²) in [6.07, 6.45) is 3.42. The van der Waals surface area contributed by atoms with Gasteiger partial charge in [0.1, 0.15) is 0 Å². The van der Waals surface area contributed by atoms with Gasteiger partial charge < -0.3 is 30.3 Å². The monoisotopic (exact) mass is 1490 g/mol. The van der Waals surface area contributed by atoms with Gasteiger partial charge in [-0.2, -0.15) is 0 Å². The zero-order valence-electron chi connectivity index (χ0n) is 53.2. The van der Waals surface area contributed by atoms with E-state index in [-0.39, 0.29) is 5.54 Å². The molecule has 0 unspecified atom stereocenters. The van der Waals surface area contributed by atoms with Gasteiger partial charge >= 0.3 is 81.0 Å². The normalized spacial score (nSPS) is 11.6. The number of benzene rings is 1. The Labute approximate surface area is 536 Å². The summed E-state index contributed by atoms with van der Waals surface area (Å²) < 4.78 is 0. The first-order chi connectivity index (χ1) is 36.9. The molecular formula is C62H110Cl3N6O3P3Ru3+6. The molecule has 3 N–H and O–H groups in total. The molecular weight excluding hydrogens is 1380 g/mol. The summed E-state index contributed by atoms with van der Waals surface area (Å²) in [4.78, 5) is 38.0. The van der Waals surface area contributed by atoms with E-state index in [1.165, 1.54) is 22.6 Å². The predicted molar refractivity (Wildman–Crippen MR) is 355 cm³/mol. The molecule has 0 aliphatic carbocycles. The molecule has 0 spiro atoms. The van der Waals surface area contributed by atoms with E-state index in [9.17, 15) is 0 Å². The van der Waals surface area contributed by atoms with Gasteiger partial charge in [-0.05, 0) is 187 Å². The number of hydrogen-bond acceptors (Lipinski definition) is 9. The molecule has 9 nitrogen and oxygen atoms in total. The van der Waals surface area contributed by atoms with Crippen LogP contribution in [0.2, 0.25) is 0 Å². The van der Waals surface area contributed by atoms with Crippen LogP contribution in [-0.4, -0.2) is 77.8 Å². The van der Waals surface area contributed by atoms with Gasteiger partial charge in [-0.1, -0.05) is 62.4 Å². The quantitative estimate of drug-likeness (QED) is 0.0462. The SMILES string of the molecule is CC(C)(C)NCc1cccc(C[PH+](C(C)(C)C)C(C)(C)C)n1.CC(C)(C)[PH+](Cc1cccc(CNCc2ccccc2)n1)C(C)(C)C.CC(C)NCc1cccc(C[PH+](C(C)(C)C)C(C)(C)C)n1.[CH-]=O.[CH-]=O.[CH-]=O.[Cl][RuH+2].[Cl][RuH+2].[Cl][RuH+2]. The molecule has 4 rings (SSSR count). The molecule has 0 fully saturated rings. The van der Waals surface area contributed by atoms with Crippen LogP contribution in [0.1, 0.15) is 199 Å². The van der Waals surface area contributed by atoms with Crippen molar-refractivity contribution >= 4 is 73.2 Å². The van der Waals surface area contributed by atoms with Crippen LogP contribution in [0.5, 0.6) is 0 Å². The Morgan fingerprint density at radius 2 is 0.650 bits per heavy atom. The first-order valence-corrected chi connectivity index (χ1v) is 39.1. The fraction of sp³-hybridized carbons (Fsp3) is 0.613. The van der Waals surface area contributed by atoms with Crippen LogP contribution in [0.4, 0.5) is 0 Å². The van der Waals surface area contributed by atoms with Crippen LogP contribution >= 0.6 is 52.8 Å². The second-order valence-electron chi connectivity index (χ2n) is 26.6. The molecule has 0 amide bonds. The van der Waals surface area contributed by atoms with Crippen LogP contribution in [0.15, 0.2) is 84.9 Å². The Hall–Kier alpha value is -0.410. The molecule has 0 radical (unpaired) electrons. The number of rotatable bonds is 15. The second-order valence-corrected chi connectivity index (χ2v) is 39.5. The Bertz CT molecular complexity index is 2100. The first-order valence-electron chi connectivity index (χ1n) is 26.8. The molecule has 460 valence electrons. The molecule has 0 bridgehead atoms. The summed E-state index contributed by atoms with van der Waals surface area (Å²) in [7, 11) is 12.1. The van der Waals surface area contributed by atoms with Gasteiger partial charge in [0.25, 0.3) is 0 Å². The van der Waals surface area contributed by atoms with Gasteiger partial charge in [0.2, 0.25) is 0 Å². The number of carbonyl (C=O) groups excluding carboxylic acids is 3. The van der Waals surface area contributed by atoms with Crippen LogP contribution in [0, 0.1) is 0 Å². The van der Waals surface area contributed by atoms with Crippen LogP contribution in [-0.2, 0) is 111 Å². The van der Waals surface area contributed by atoms with E-state index >= 15 is 0 Å². The van der Waals surface area contributed by atoms with Crippen molar-refractivity contribution < 1.29 is 66.3 Å². The summed E-state index contributed by atoms with van der Waals surface area (Å²) >= 11 is 4.87. The Morgan fingerprint density at radius 3 is 0.912 bits per heavy atom. The van der Waals surface area contributed by atoms with Gasteiger partial charge in [0.05, 0.1) is 83.6 Å². The average Bonchev–Trinajstić information content (AvgIpc) is 3.38. The molecule has 0 saturated heterocycles. The summed E-state index contributed by atoms with van der Waals surface area (Å²) in [5, 5.41) is 12.7. The molecule has 1 aromatic carbocycles. The zero-order valence-corrected chi connectivity index (χ0v) is 64.0. The van der Waals surface area contributed by atoms with E-state index in [1.807, 2.05) is 0 Å². The number of aromatic nitrogens is 3. The number of pyridine rings is 3. The summed E-state index contributed by atoms with van der Waals surface area (Å²) in [5.74, 6) is 0. The number of nitrogens with zero attached hydrogens (tertiary/aromatic N) is 3. The fourth-order valence-electron chi connectivity index (χ4n) is 9.28. The molecule has 0 aliphatic heterocycles. The number of hydrogen-bond donors (Lipinski definition) is 3. The molecule has 0 aliphatic rings. The third kappa shape index (κ3) is 43.2. The van der Waals surface area contributed by atoms with Crippen molar-refractivity contribution in [3.63, 3.8) is 0 Å². The summed E-state index contributed by atoms with van der Waals surface area (Å²) in [6, 6.07) is 30.5. The third-order valence-corrected chi connectivity index (χ3v) is 25.1. The van der Waals surface area contributed by atoms with Crippen molar-refractivity contribution in [2.24, 2.45) is 0 Å². The fourth-order valence-corrected chi connectivity index (χ4v) is 20.9. The average molecular weight is 1490 g/mol. The number of halogens is 3. The van der Waals surface area contributed by atoms with Gasteiger partial charge in [0.15, 0.2) is 0 Å². The van der Waals surface area contributed by atoms with Crippen molar-refractivity contribution in [2.45, 2.75) is 246 Å². The summed E-state index contributed by atoms with van der Waals surface area (Å²) in [5.41, 5.74) is 8.65. The third-order valence-electron chi connectivity index (χ3n) is 12.1. The predicted octanol–water partition coefficient (Wildman–Crippen LogP) is 16.3. The molecule has 0 saturated carbocycles. The van der Waals surface area contributed by atoms with E-state index in [1.54, 1.807) is 51.9 Å². The maximum atomic E-state index is 7.75. The van der Waals surface area contributed by atoms with Crippen molar-refractivity contribution in [1.29, 1.82) is 0 Å². The van der Waals surface area contributed by atoms with E-state index < -0.39 is 23.8 Å². The van der Waals surface area contributed by atoms with Crippen molar-refractivity contribution in [1.82, 2.24) is 30.9 Å². The standard InChI is InChI=1S/C22H33N2P.C19H35N2P.C18H33N2P.3CHO.3ClH.3Ru.3H/c1-21(2,3)25(22(4,5)6)17-20-14-10-13-19(24-20)16-23-15-18-11-8-7-9-12-18;1-17(2,3)20-13-15-11-10-12-16(21-15)14-22(18(4,5)6)19(7,8)9;1-14(2)19-12-15-10-9-11-16(20-15)13-21(17(3,4)5)18(6,7)8;3*1-2;;;;;;;;;/h7-14,23H,15-17H2,1-6H3;10-12,20H,13-14H2,1-9H3;9-11,14,19H,12-13H2,1-8H3;3*1H;3*1H;;;;;;/q;;;3*-1;;;;3*+3;;;. The molecule has 0 atom stereocenters. The van der Waals surface area contributed by atoms with Crippen molar-refractivity contribution in [2.75, 3.05) is 0 Å². The summed E-state index contributed by atoms with van der Waals surface area (Å²) in [6.45, 7) is 67.0. The van der Waals surface area contributed by atoms with E-state index in [4.69, 9.17) is 29.3 Å². The van der Waals surface area contributed by atoms with Crippen LogP contribution in [0.25, 0.3) is 0 Å². The van der Waals surface area contributed by atoms with E-state index in [2.05, 4.69) is 310 Å². The van der Waals surface area contributed by atoms with Crippen molar-refractivity contribution in [3.05, 3.63) is 125 Å². The Kier molecular flexibility index (Phi) is 50.6. The molecule has 80 heavy (non-hydrogen) atoms. The maximum absolute atomic E-state index is 7.75. The van der Waals surface area contributed by atoms with Gasteiger partial charge in [-0.15, -0.1) is 0 Å². The molecule has 3 aromatic heterocycles. The first kappa shape index (κ1) is 88.4. The van der Waals surface area contributed by atoms with Crippen LogP contribution in [0.3, 0.4) is 0 Å². The van der Waals surface area contributed by atoms with Gasteiger partial charge in [-0.3, -0.25) is 35.3 Å². The topological polar surface area (TPSA) is 126 Å². The second kappa shape index (κ2) is 45.8. The van der Waals surface area contributed by atoms with E-state index in [0.29, 0.717) is 37.0 Å². The Balaban J connectivity index is -0.000000321. The van der Waals surface area contributed by atoms with Crippen molar-refractivity contribution in [3.8, 4) is 0 Å².